The van der Waals surface area contributed by atoms with Gasteiger partial charge in [0.05, 0.1) is 5.69 Å². The minimum absolute atomic E-state index is 0.0505. The molecule has 0 saturated carbocycles. The highest BCUT2D eigenvalue weighted by atomic mass is 16.6. The van der Waals surface area contributed by atoms with Crippen LogP contribution in [0.5, 0.6) is 11.5 Å². The Morgan fingerprint density at radius 1 is 1.00 bits per heavy atom. The first-order valence-electron chi connectivity index (χ1n) is 11.3. The Bertz CT molecular complexity index is 1190. The van der Waals surface area contributed by atoms with Gasteiger partial charge in [0.25, 0.3) is 11.5 Å². The van der Waals surface area contributed by atoms with Gasteiger partial charge >= 0.3 is 0 Å². The van der Waals surface area contributed by atoms with Gasteiger partial charge in [0.1, 0.15) is 6.10 Å². The molecule has 2 aromatic heterocycles. The summed E-state index contributed by atoms with van der Waals surface area (Å²) in [6.07, 6.45) is 4.01. The molecule has 2 aliphatic rings. The molecule has 0 spiro atoms. The predicted octanol–water partition coefficient (Wildman–Crippen LogP) is 2.77. The SMILES string of the molecule is CC1Oc2ccccc2OC1C(=O)N1CCC(Cn2nc(-c3ccncc3)ccc2=O)CC1. The lowest BCUT2D eigenvalue weighted by Gasteiger charge is -2.37. The van der Waals surface area contributed by atoms with Crippen LogP contribution in [-0.2, 0) is 11.3 Å². The Hall–Kier alpha value is -3.68. The van der Waals surface area contributed by atoms with Crippen LogP contribution in [0, 0.1) is 5.92 Å². The average molecular weight is 447 g/mol. The summed E-state index contributed by atoms with van der Waals surface area (Å²) in [6.45, 7) is 3.64. The Labute approximate surface area is 191 Å². The van der Waals surface area contributed by atoms with Crippen molar-refractivity contribution >= 4 is 5.91 Å². The molecule has 33 heavy (non-hydrogen) atoms. The number of carbonyl (C=O) groups excluding carboxylic acids is 1. The van der Waals surface area contributed by atoms with E-state index in [0.29, 0.717) is 31.1 Å². The number of rotatable bonds is 4. The molecule has 8 heteroatoms. The first-order chi connectivity index (χ1) is 16.1. The lowest BCUT2D eigenvalue weighted by atomic mass is 9.96. The van der Waals surface area contributed by atoms with Crippen LogP contribution in [-0.4, -0.2) is 50.9 Å². The lowest BCUT2D eigenvalue weighted by Crippen LogP contribution is -2.52. The zero-order chi connectivity index (χ0) is 22.8. The number of aromatic nitrogens is 3. The summed E-state index contributed by atoms with van der Waals surface area (Å²) in [5, 5.41) is 4.55. The largest absolute Gasteiger partial charge is 0.482 e. The van der Waals surface area contributed by atoms with Crippen molar-refractivity contribution in [1.29, 1.82) is 0 Å². The van der Waals surface area contributed by atoms with Crippen LogP contribution in [0.1, 0.15) is 19.8 Å². The van der Waals surface area contributed by atoms with Gasteiger partial charge in [0, 0.05) is 43.7 Å². The molecule has 0 N–H and O–H groups in total. The van der Waals surface area contributed by atoms with E-state index in [0.717, 1.165) is 24.1 Å². The Balaban J connectivity index is 1.21. The number of ether oxygens (including phenoxy) is 2. The van der Waals surface area contributed by atoms with Crippen molar-refractivity contribution in [2.45, 2.75) is 38.5 Å². The molecular formula is C25H26N4O4. The second-order valence-electron chi connectivity index (χ2n) is 8.55. The third-order valence-electron chi connectivity index (χ3n) is 6.29. The molecule has 1 saturated heterocycles. The molecular weight excluding hydrogens is 420 g/mol. The number of nitrogens with zero attached hydrogens (tertiary/aromatic N) is 4. The first kappa shape index (κ1) is 21.2. The van der Waals surface area contributed by atoms with Crippen molar-refractivity contribution in [2.24, 2.45) is 5.92 Å². The summed E-state index contributed by atoms with van der Waals surface area (Å²) in [5.74, 6) is 1.49. The molecule has 0 radical (unpaired) electrons. The number of benzene rings is 1. The Kier molecular flexibility index (Phi) is 5.81. The van der Waals surface area contributed by atoms with Crippen molar-refractivity contribution in [3.63, 3.8) is 0 Å². The van der Waals surface area contributed by atoms with Crippen LogP contribution in [0.3, 0.4) is 0 Å². The molecule has 3 aromatic rings. The molecule has 0 aliphatic carbocycles. The van der Waals surface area contributed by atoms with E-state index < -0.39 is 6.10 Å². The number of pyridine rings is 1. The van der Waals surface area contributed by atoms with Gasteiger partial charge in [0.2, 0.25) is 6.10 Å². The quantitative estimate of drug-likeness (QED) is 0.613. The fourth-order valence-corrected chi connectivity index (χ4v) is 4.41. The highest BCUT2D eigenvalue weighted by Crippen LogP contribution is 2.34. The minimum atomic E-state index is -0.655. The predicted molar refractivity (Wildman–Crippen MR) is 122 cm³/mol. The molecule has 8 nitrogen and oxygen atoms in total. The number of carbonyl (C=O) groups is 1. The summed E-state index contributed by atoms with van der Waals surface area (Å²) >= 11 is 0. The third kappa shape index (κ3) is 4.46. The van der Waals surface area contributed by atoms with Crippen LogP contribution in [0.25, 0.3) is 11.3 Å². The Morgan fingerprint density at radius 2 is 1.70 bits per heavy atom. The molecule has 1 aromatic carbocycles. The van der Waals surface area contributed by atoms with Gasteiger partial charge in [-0.3, -0.25) is 14.6 Å². The number of hydrogen-bond donors (Lipinski definition) is 0. The topological polar surface area (TPSA) is 86.6 Å². The first-order valence-corrected chi connectivity index (χ1v) is 11.3. The van der Waals surface area contributed by atoms with Crippen LogP contribution in [0.15, 0.2) is 65.7 Å². The maximum Gasteiger partial charge on any atom is 0.267 e. The fraction of sp³-hybridized carbons (Fsp3) is 0.360. The molecule has 1 amide bonds. The number of amides is 1. The molecule has 2 aliphatic heterocycles. The van der Waals surface area contributed by atoms with Crippen molar-refractivity contribution in [3.05, 3.63) is 71.3 Å². The molecule has 170 valence electrons. The number of fused-ring (bicyclic) bond motifs is 1. The van der Waals surface area contributed by atoms with Crippen molar-refractivity contribution in [3.8, 4) is 22.8 Å². The zero-order valence-electron chi connectivity index (χ0n) is 18.5. The van der Waals surface area contributed by atoms with Gasteiger partial charge in [-0.15, -0.1) is 0 Å². The van der Waals surface area contributed by atoms with Crippen LogP contribution >= 0.6 is 0 Å². The van der Waals surface area contributed by atoms with Gasteiger partial charge in [-0.2, -0.15) is 5.10 Å². The zero-order valence-corrected chi connectivity index (χ0v) is 18.5. The third-order valence-corrected chi connectivity index (χ3v) is 6.29. The molecule has 1 fully saturated rings. The minimum Gasteiger partial charge on any atom is -0.482 e. The van der Waals surface area contributed by atoms with Crippen molar-refractivity contribution < 1.29 is 14.3 Å². The average Bonchev–Trinajstić information content (AvgIpc) is 2.85. The monoisotopic (exact) mass is 446 g/mol. The van der Waals surface area contributed by atoms with Crippen molar-refractivity contribution in [2.75, 3.05) is 13.1 Å². The van der Waals surface area contributed by atoms with E-state index in [-0.39, 0.29) is 23.5 Å². The van der Waals surface area contributed by atoms with Gasteiger partial charge in [-0.1, -0.05) is 12.1 Å². The van der Waals surface area contributed by atoms with Crippen LogP contribution in [0.4, 0.5) is 0 Å². The van der Waals surface area contributed by atoms with Gasteiger partial charge in [0.15, 0.2) is 11.5 Å². The van der Waals surface area contributed by atoms with Gasteiger partial charge in [-0.25, -0.2) is 4.68 Å². The molecule has 0 bridgehead atoms. The molecule has 5 rings (SSSR count). The molecule has 2 unspecified atom stereocenters. The standard InChI is InChI=1S/C25H26N4O4/c1-17-24(33-22-5-3-2-4-21(22)32-17)25(31)28-14-10-18(11-15-28)16-29-23(30)7-6-20(27-29)19-8-12-26-13-9-19/h2-9,12-13,17-18,24H,10-11,14-16H2,1H3. The van der Waals surface area contributed by atoms with Crippen LogP contribution in [0.2, 0.25) is 0 Å². The van der Waals surface area contributed by atoms with E-state index in [2.05, 4.69) is 10.1 Å². The highest BCUT2D eigenvalue weighted by molar-refractivity contribution is 5.82. The maximum absolute atomic E-state index is 13.1. The van der Waals surface area contributed by atoms with E-state index in [9.17, 15) is 9.59 Å². The number of hydrogen-bond acceptors (Lipinski definition) is 6. The summed E-state index contributed by atoms with van der Waals surface area (Å²) in [4.78, 5) is 31.4. The summed E-state index contributed by atoms with van der Waals surface area (Å²) in [6, 6.07) is 14.5. The molecule has 2 atom stereocenters. The van der Waals surface area contributed by atoms with Crippen LogP contribution < -0.4 is 15.0 Å². The smallest absolute Gasteiger partial charge is 0.267 e. The summed E-state index contributed by atoms with van der Waals surface area (Å²) in [5.41, 5.74) is 1.55. The van der Waals surface area contributed by atoms with E-state index in [1.807, 2.05) is 48.2 Å². The summed E-state index contributed by atoms with van der Waals surface area (Å²) < 4.78 is 13.4. The van der Waals surface area contributed by atoms with E-state index in [4.69, 9.17) is 9.47 Å². The van der Waals surface area contributed by atoms with Gasteiger partial charge in [-0.05, 0) is 56.0 Å². The number of para-hydroxylation sites is 2. The maximum atomic E-state index is 13.1. The van der Waals surface area contributed by atoms with E-state index in [1.165, 1.54) is 4.68 Å². The number of piperidine rings is 1. The second-order valence-corrected chi connectivity index (χ2v) is 8.55. The second kappa shape index (κ2) is 9.05. The van der Waals surface area contributed by atoms with E-state index in [1.54, 1.807) is 24.5 Å². The normalized spacial score (nSPS) is 20.5. The lowest BCUT2D eigenvalue weighted by molar-refractivity contribution is -0.145. The fourth-order valence-electron chi connectivity index (χ4n) is 4.41. The van der Waals surface area contributed by atoms with Crippen molar-refractivity contribution in [1.82, 2.24) is 19.7 Å². The van der Waals surface area contributed by atoms with Gasteiger partial charge < -0.3 is 14.4 Å². The molecule has 4 heterocycles. The van der Waals surface area contributed by atoms with E-state index >= 15 is 0 Å². The summed E-state index contributed by atoms with van der Waals surface area (Å²) in [7, 11) is 0. The Morgan fingerprint density at radius 3 is 2.42 bits per heavy atom. The number of likely N-dealkylation sites (tertiary alicyclic amines) is 1. The highest BCUT2D eigenvalue weighted by Gasteiger charge is 2.38.